The molecule has 1 heterocycles. The van der Waals surface area contributed by atoms with E-state index in [2.05, 4.69) is 5.32 Å². The predicted molar refractivity (Wildman–Crippen MR) is 72.7 cm³/mol. The second-order valence-corrected chi connectivity index (χ2v) is 4.92. The molecule has 102 valence electrons. The molecule has 1 unspecified atom stereocenters. The highest BCUT2D eigenvalue weighted by Gasteiger charge is 2.28. The van der Waals surface area contributed by atoms with Gasteiger partial charge in [0.2, 0.25) is 5.91 Å². The highest BCUT2D eigenvalue weighted by molar-refractivity contribution is 5.96. The quantitative estimate of drug-likeness (QED) is 0.817. The Kier molecular flexibility index (Phi) is 4.16. The van der Waals surface area contributed by atoms with Gasteiger partial charge in [0.1, 0.15) is 0 Å². The molecule has 0 bridgehead atoms. The lowest BCUT2D eigenvalue weighted by molar-refractivity contribution is -0.119. The van der Waals surface area contributed by atoms with Crippen LogP contribution < -0.4 is 11.1 Å². The fourth-order valence-electron chi connectivity index (χ4n) is 2.38. The van der Waals surface area contributed by atoms with Crippen LogP contribution in [-0.4, -0.2) is 42.4 Å². The summed E-state index contributed by atoms with van der Waals surface area (Å²) in [5.41, 5.74) is 6.88. The van der Waals surface area contributed by atoms with E-state index >= 15 is 0 Å². The summed E-state index contributed by atoms with van der Waals surface area (Å²) in [5.74, 6) is -0.607. The van der Waals surface area contributed by atoms with Crippen LogP contribution in [-0.2, 0) is 4.79 Å². The SMILES string of the molecule is Cc1cccc(C(=O)N(CC(N)=O)C2CCNC2)c1. The molecule has 2 amide bonds. The van der Waals surface area contributed by atoms with E-state index in [-0.39, 0.29) is 18.5 Å². The number of nitrogens with two attached hydrogens (primary N) is 1. The standard InChI is InChI=1S/C14H19N3O2/c1-10-3-2-4-11(7-10)14(19)17(9-13(15)18)12-5-6-16-8-12/h2-4,7,12,16H,5-6,8-9H2,1H3,(H2,15,18). The minimum absolute atomic E-state index is 0.0286. The first-order valence-electron chi connectivity index (χ1n) is 6.44. The predicted octanol–water partition coefficient (Wildman–Crippen LogP) is 0.284. The van der Waals surface area contributed by atoms with Crippen molar-refractivity contribution in [1.82, 2.24) is 10.2 Å². The number of carbonyl (C=O) groups is 2. The maximum Gasteiger partial charge on any atom is 0.254 e. The van der Waals surface area contributed by atoms with Gasteiger partial charge >= 0.3 is 0 Å². The van der Waals surface area contributed by atoms with Crippen LogP contribution in [0, 0.1) is 6.92 Å². The summed E-state index contributed by atoms with van der Waals surface area (Å²) in [6.45, 7) is 3.48. The van der Waals surface area contributed by atoms with E-state index in [1.807, 2.05) is 25.1 Å². The Balaban J connectivity index is 2.21. The Labute approximate surface area is 112 Å². The van der Waals surface area contributed by atoms with Gasteiger partial charge in [-0.25, -0.2) is 0 Å². The Morgan fingerprint density at radius 2 is 2.26 bits per heavy atom. The van der Waals surface area contributed by atoms with Crippen LogP contribution in [0.5, 0.6) is 0 Å². The number of aryl methyl sites for hydroxylation is 1. The Hall–Kier alpha value is -1.88. The van der Waals surface area contributed by atoms with Crippen molar-refractivity contribution >= 4 is 11.8 Å². The van der Waals surface area contributed by atoms with Crippen LogP contribution in [0.1, 0.15) is 22.3 Å². The fraction of sp³-hybridized carbons (Fsp3) is 0.429. The van der Waals surface area contributed by atoms with Gasteiger partial charge in [0, 0.05) is 18.2 Å². The molecule has 1 aromatic carbocycles. The van der Waals surface area contributed by atoms with Crippen LogP contribution in [0.2, 0.25) is 0 Å². The van der Waals surface area contributed by atoms with Gasteiger partial charge in [-0.3, -0.25) is 9.59 Å². The van der Waals surface area contributed by atoms with Crippen molar-refractivity contribution in [2.75, 3.05) is 19.6 Å². The molecule has 2 rings (SSSR count). The third-order valence-electron chi connectivity index (χ3n) is 3.33. The molecule has 0 aromatic heterocycles. The van der Waals surface area contributed by atoms with Crippen LogP contribution in [0.3, 0.4) is 0 Å². The van der Waals surface area contributed by atoms with Crippen LogP contribution in [0.25, 0.3) is 0 Å². The number of carbonyl (C=O) groups excluding carboxylic acids is 2. The molecule has 19 heavy (non-hydrogen) atoms. The van der Waals surface area contributed by atoms with E-state index in [9.17, 15) is 9.59 Å². The summed E-state index contributed by atoms with van der Waals surface area (Å²) in [5, 5.41) is 3.20. The molecule has 1 saturated heterocycles. The van der Waals surface area contributed by atoms with Crippen LogP contribution in [0.4, 0.5) is 0 Å². The summed E-state index contributed by atoms with van der Waals surface area (Å²) < 4.78 is 0. The molecule has 1 fully saturated rings. The Bertz CT molecular complexity index is 481. The number of rotatable bonds is 4. The van der Waals surface area contributed by atoms with E-state index in [1.165, 1.54) is 0 Å². The lowest BCUT2D eigenvalue weighted by Crippen LogP contribution is -2.46. The van der Waals surface area contributed by atoms with Crippen molar-refractivity contribution in [3.05, 3.63) is 35.4 Å². The van der Waals surface area contributed by atoms with E-state index in [4.69, 9.17) is 5.73 Å². The number of nitrogens with zero attached hydrogens (tertiary/aromatic N) is 1. The molecule has 0 aliphatic carbocycles. The highest BCUT2D eigenvalue weighted by atomic mass is 16.2. The first kappa shape index (κ1) is 13.5. The lowest BCUT2D eigenvalue weighted by atomic mass is 10.1. The normalized spacial score (nSPS) is 18.3. The number of hydrogen-bond acceptors (Lipinski definition) is 3. The minimum atomic E-state index is -0.479. The summed E-state index contributed by atoms with van der Waals surface area (Å²) in [7, 11) is 0. The van der Waals surface area contributed by atoms with Crippen molar-refractivity contribution < 1.29 is 9.59 Å². The fourth-order valence-corrected chi connectivity index (χ4v) is 2.38. The molecular formula is C14H19N3O2. The van der Waals surface area contributed by atoms with Gasteiger partial charge in [0.25, 0.3) is 5.91 Å². The molecule has 0 radical (unpaired) electrons. The van der Waals surface area contributed by atoms with Crippen LogP contribution >= 0.6 is 0 Å². The molecule has 3 N–H and O–H groups in total. The molecule has 0 spiro atoms. The Morgan fingerprint density at radius 3 is 2.84 bits per heavy atom. The summed E-state index contributed by atoms with van der Waals surface area (Å²) in [4.78, 5) is 25.3. The van der Waals surface area contributed by atoms with Gasteiger partial charge in [-0.2, -0.15) is 0 Å². The molecule has 5 heteroatoms. The third-order valence-corrected chi connectivity index (χ3v) is 3.33. The van der Waals surface area contributed by atoms with Crippen molar-refractivity contribution in [1.29, 1.82) is 0 Å². The second kappa shape index (κ2) is 5.84. The molecule has 1 aliphatic rings. The largest absolute Gasteiger partial charge is 0.368 e. The highest BCUT2D eigenvalue weighted by Crippen LogP contribution is 2.14. The number of primary amides is 1. The number of nitrogens with one attached hydrogen (secondary N) is 1. The number of amides is 2. The average Bonchev–Trinajstić information content (AvgIpc) is 2.88. The summed E-state index contributed by atoms with van der Waals surface area (Å²) >= 11 is 0. The maximum atomic E-state index is 12.5. The Morgan fingerprint density at radius 1 is 1.47 bits per heavy atom. The molecular weight excluding hydrogens is 242 g/mol. The van der Waals surface area contributed by atoms with E-state index in [0.717, 1.165) is 18.5 Å². The monoisotopic (exact) mass is 261 g/mol. The van der Waals surface area contributed by atoms with Gasteiger partial charge in [-0.05, 0) is 32.0 Å². The average molecular weight is 261 g/mol. The van der Waals surface area contributed by atoms with Crippen molar-refractivity contribution in [2.45, 2.75) is 19.4 Å². The van der Waals surface area contributed by atoms with Gasteiger partial charge in [0.15, 0.2) is 0 Å². The van der Waals surface area contributed by atoms with E-state index < -0.39 is 5.91 Å². The molecule has 1 aliphatic heterocycles. The zero-order chi connectivity index (χ0) is 13.8. The van der Waals surface area contributed by atoms with Gasteiger partial charge < -0.3 is 16.0 Å². The van der Waals surface area contributed by atoms with Crippen molar-refractivity contribution in [3.63, 3.8) is 0 Å². The second-order valence-electron chi connectivity index (χ2n) is 4.92. The lowest BCUT2D eigenvalue weighted by Gasteiger charge is -2.27. The van der Waals surface area contributed by atoms with E-state index in [0.29, 0.717) is 12.1 Å². The van der Waals surface area contributed by atoms with Crippen molar-refractivity contribution in [3.8, 4) is 0 Å². The topological polar surface area (TPSA) is 75.4 Å². The van der Waals surface area contributed by atoms with E-state index in [1.54, 1.807) is 11.0 Å². The molecule has 1 atom stereocenters. The summed E-state index contributed by atoms with van der Waals surface area (Å²) in [6.07, 6.45) is 0.852. The van der Waals surface area contributed by atoms with Crippen molar-refractivity contribution in [2.24, 2.45) is 5.73 Å². The molecule has 0 saturated carbocycles. The first-order chi connectivity index (χ1) is 9.08. The van der Waals surface area contributed by atoms with Gasteiger partial charge in [-0.15, -0.1) is 0 Å². The smallest absolute Gasteiger partial charge is 0.254 e. The maximum absolute atomic E-state index is 12.5. The first-order valence-corrected chi connectivity index (χ1v) is 6.44. The minimum Gasteiger partial charge on any atom is -0.368 e. The zero-order valence-corrected chi connectivity index (χ0v) is 11.1. The van der Waals surface area contributed by atoms with Gasteiger partial charge in [-0.1, -0.05) is 17.7 Å². The molecule has 5 nitrogen and oxygen atoms in total. The zero-order valence-electron chi connectivity index (χ0n) is 11.1. The van der Waals surface area contributed by atoms with Crippen LogP contribution in [0.15, 0.2) is 24.3 Å². The summed E-state index contributed by atoms with van der Waals surface area (Å²) in [6, 6.07) is 7.43. The van der Waals surface area contributed by atoms with Gasteiger partial charge in [0.05, 0.1) is 6.54 Å². The number of hydrogen-bond donors (Lipinski definition) is 2. The molecule has 1 aromatic rings. The number of benzene rings is 1. The third kappa shape index (κ3) is 3.32.